The van der Waals surface area contributed by atoms with Crippen LogP contribution in [0.2, 0.25) is 0 Å². The van der Waals surface area contributed by atoms with Crippen molar-refractivity contribution in [3.63, 3.8) is 0 Å². The van der Waals surface area contributed by atoms with Gasteiger partial charge in [0, 0.05) is 18.7 Å². The highest BCUT2D eigenvalue weighted by Crippen LogP contribution is 2.42. The highest BCUT2D eigenvalue weighted by atomic mass is 16.1. The third-order valence-corrected chi connectivity index (χ3v) is 3.00. The first kappa shape index (κ1) is 11.1. The fourth-order valence-electron chi connectivity index (χ4n) is 1.91. The molecule has 3 heteroatoms. The fraction of sp³-hybridized carbons (Fsp3) is 0.538. The quantitative estimate of drug-likeness (QED) is 0.846. The Balaban J connectivity index is 2.39. The highest BCUT2D eigenvalue weighted by molar-refractivity contribution is 5.92. The molecule has 0 spiro atoms. The lowest BCUT2D eigenvalue weighted by Gasteiger charge is -2.12. The molecule has 1 saturated carbocycles. The molecule has 0 bridgehead atoms. The van der Waals surface area contributed by atoms with Gasteiger partial charge in [-0.1, -0.05) is 19.9 Å². The SMILES string of the molecule is CNC(=O)c1ccc(C(C)C)c(C2CC2)n1. The zero-order chi connectivity index (χ0) is 11.7. The smallest absolute Gasteiger partial charge is 0.269 e. The Morgan fingerprint density at radius 2 is 2.12 bits per heavy atom. The van der Waals surface area contributed by atoms with E-state index in [9.17, 15) is 4.79 Å². The molecule has 1 aliphatic carbocycles. The van der Waals surface area contributed by atoms with Crippen LogP contribution in [0.25, 0.3) is 0 Å². The fourth-order valence-corrected chi connectivity index (χ4v) is 1.91. The van der Waals surface area contributed by atoms with Crippen LogP contribution in [0.1, 0.15) is 60.3 Å². The lowest BCUT2D eigenvalue weighted by Crippen LogP contribution is -2.20. The molecule has 2 rings (SSSR count). The number of pyridine rings is 1. The van der Waals surface area contributed by atoms with E-state index in [-0.39, 0.29) is 5.91 Å². The topological polar surface area (TPSA) is 42.0 Å². The van der Waals surface area contributed by atoms with E-state index in [0.29, 0.717) is 17.5 Å². The highest BCUT2D eigenvalue weighted by Gasteiger charge is 2.29. The van der Waals surface area contributed by atoms with Crippen LogP contribution >= 0.6 is 0 Å². The summed E-state index contributed by atoms with van der Waals surface area (Å²) >= 11 is 0. The summed E-state index contributed by atoms with van der Waals surface area (Å²) in [5.41, 5.74) is 2.96. The second-order valence-corrected chi connectivity index (χ2v) is 4.68. The van der Waals surface area contributed by atoms with Gasteiger partial charge in [-0.05, 0) is 30.4 Å². The van der Waals surface area contributed by atoms with E-state index in [4.69, 9.17) is 0 Å². The van der Waals surface area contributed by atoms with Crippen molar-refractivity contribution < 1.29 is 4.79 Å². The Bertz CT molecular complexity index is 408. The lowest BCUT2D eigenvalue weighted by molar-refractivity contribution is 0.0958. The molecule has 0 radical (unpaired) electrons. The summed E-state index contributed by atoms with van der Waals surface area (Å²) in [4.78, 5) is 16.0. The van der Waals surface area contributed by atoms with Crippen molar-refractivity contribution in [2.24, 2.45) is 0 Å². The number of amides is 1. The van der Waals surface area contributed by atoms with Gasteiger partial charge in [0.1, 0.15) is 5.69 Å². The summed E-state index contributed by atoms with van der Waals surface area (Å²) < 4.78 is 0. The number of hydrogen-bond acceptors (Lipinski definition) is 2. The molecule has 0 unspecified atom stereocenters. The first-order valence-electron chi connectivity index (χ1n) is 5.86. The van der Waals surface area contributed by atoms with E-state index in [0.717, 1.165) is 5.69 Å². The van der Waals surface area contributed by atoms with Crippen molar-refractivity contribution >= 4 is 5.91 Å². The molecule has 0 atom stereocenters. The maximum absolute atomic E-state index is 11.5. The normalized spacial score (nSPS) is 15.2. The van der Waals surface area contributed by atoms with E-state index >= 15 is 0 Å². The van der Waals surface area contributed by atoms with Crippen LogP contribution in [0, 0.1) is 0 Å². The lowest BCUT2D eigenvalue weighted by atomic mass is 9.98. The molecule has 86 valence electrons. The van der Waals surface area contributed by atoms with Crippen LogP contribution in [0.15, 0.2) is 12.1 Å². The number of carbonyl (C=O) groups excluding carboxylic acids is 1. The predicted molar refractivity (Wildman–Crippen MR) is 63.7 cm³/mol. The van der Waals surface area contributed by atoms with Gasteiger partial charge in [0.05, 0.1) is 0 Å². The third kappa shape index (κ3) is 2.08. The van der Waals surface area contributed by atoms with Gasteiger partial charge in [0.25, 0.3) is 5.91 Å². The van der Waals surface area contributed by atoms with Gasteiger partial charge < -0.3 is 5.32 Å². The van der Waals surface area contributed by atoms with Gasteiger partial charge >= 0.3 is 0 Å². The summed E-state index contributed by atoms with van der Waals surface area (Å²) in [5, 5.41) is 2.62. The van der Waals surface area contributed by atoms with Gasteiger partial charge in [-0.2, -0.15) is 0 Å². The van der Waals surface area contributed by atoms with Crippen molar-refractivity contribution in [1.29, 1.82) is 0 Å². The van der Waals surface area contributed by atoms with Crippen molar-refractivity contribution in [2.45, 2.75) is 38.5 Å². The molecule has 1 aromatic rings. The molecular weight excluding hydrogens is 200 g/mol. The molecular formula is C13H18N2O. The first-order valence-corrected chi connectivity index (χ1v) is 5.86. The van der Waals surface area contributed by atoms with Gasteiger partial charge in [0.2, 0.25) is 0 Å². The Kier molecular flexibility index (Phi) is 2.95. The maximum atomic E-state index is 11.5. The number of carbonyl (C=O) groups is 1. The molecule has 16 heavy (non-hydrogen) atoms. The molecule has 1 aromatic heterocycles. The van der Waals surface area contributed by atoms with Gasteiger partial charge in [0.15, 0.2) is 0 Å². The Morgan fingerprint density at radius 1 is 1.44 bits per heavy atom. The van der Waals surface area contributed by atoms with E-state index < -0.39 is 0 Å². The van der Waals surface area contributed by atoms with E-state index in [1.54, 1.807) is 7.05 Å². The summed E-state index contributed by atoms with van der Waals surface area (Å²) in [6, 6.07) is 3.87. The second-order valence-electron chi connectivity index (χ2n) is 4.68. The standard InChI is InChI=1S/C13H18N2O/c1-8(2)10-6-7-11(13(16)14-3)15-12(10)9-4-5-9/h6-9H,4-5H2,1-3H3,(H,14,16). The van der Waals surface area contributed by atoms with Crippen molar-refractivity contribution in [3.8, 4) is 0 Å². The Labute approximate surface area is 96.3 Å². The van der Waals surface area contributed by atoms with Crippen LogP contribution in [0.5, 0.6) is 0 Å². The second kappa shape index (κ2) is 4.24. The average Bonchev–Trinajstić information content (AvgIpc) is 3.10. The zero-order valence-corrected chi connectivity index (χ0v) is 10.1. The minimum atomic E-state index is -0.0998. The summed E-state index contributed by atoms with van der Waals surface area (Å²) in [6.45, 7) is 4.34. The third-order valence-electron chi connectivity index (χ3n) is 3.00. The van der Waals surface area contributed by atoms with E-state index in [2.05, 4.69) is 30.2 Å². The minimum absolute atomic E-state index is 0.0998. The maximum Gasteiger partial charge on any atom is 0.269 e. The van der Waals surface area contributed by atoms with Gasteiger partial charge in [-0.3, -0.25) is 4.79 Å². The van der Waals surface area contributed by atoms with E-state index in [1.165, 1.54) is 18.4 Å². The van der Waals surface area contributed by atoms with E-state index in [1.807, 2.05) is 6.07 Å². The predicted octanol–water partition coefficient (Wildman–Crippen LogP) is 2.44. The molecule has 1 aliphatic rings. The van der Waals surface area contributed by atoms with Crippen molar-refractivity contribution in [1.82, 2.24) is 10.3 Å². The number of aromatic nitrogens is 1. The monoisotopic (exact) mass is 218 g/mol. The molecule has 0 aliphatic heterocycles. The molecule has 0 saturated heterocycles. The Hall–Kier alpha value is -1.38. The molecule has 1 amide bonds. The average molecular weight is 218 g/mol. The minimum Gasteiger partial charge on any atom is -0.354 e. The number of nitrogens with zero attached hydrogens (tertiary/aromatic N) is 1. The van der Waals surface area contributed by atoms with Crippen LogP contribution in [0.3, 0.4) is 0 Å². The van der Waals surface area contributed by atoms with Gasteiger partial charge in [-0.15, -0.1) is 0 Å². The summed E-state index contributed by atoms with van der Waals surface area (Å²) in [7, 11) is 1.64. The number of hydrogen-bond donors (Lipinski definition) is 1. The molecule has 3 nitrogen and oxygen atoms in total. The van der Waals surface area contributed by atoms with Gasteiger partial charge in [-0.25, -0.2) is 4.98 Å². The molecule has 0 aromatic carbocycles. The van der Waals surface area contributed by atoms with Crippen LogP contribution < -0.4 is 5.32 Å². The van der Waals surface area contributed by atoms with Crippen LogP contribution in [-0.2, 0) is 0 Å². The summed E-state index contributed by atoms with van der Waals surface area (Å²) in [5.74, 6) is 0.959. The zero-order valence-electron chi connectivity index (χ0n) is 10.1. The number of rotatable bonds is 3. The molecule has 1 fully saturated rings. The number of nitrogens with one attached hydrogen (secondary N) is 1. The largest absolute Gasteiger partial charge is 0.354 e. The summed E-state index contributed by atoms with van der Waals surface area (Å²) in [6.07, 6.45) is 2.42. The molecule has 1 N–H and O–H groups in total. The van der Waals surface area contributed by atoms with Crippen molar-refractivity contribution in [2.75, 3.05) is 7.05 Å². The Morgan fingerprint density at radius 3 is 2.62 bits per heavy atom. The first-order chi connectivity index (χ1) is 7.63. The van der Waals surface area contributed by atoms with Crippen LogP contribution in [0.4, 0.5) is 0 Å². The van der Waals surface area contributed by atoms with Crippen molar-refractivity contribution in [3.05, 3.63) is 29.1 Å². The molecule has 1 heterocycles. The van der Waals surface area contributed by atoms with Crippen LogP contribution in [-0.4, -0.2) is 17.9 Å².